The number of piperidine rings is 1. The van der Waals surface area contributed by atoms with Gasteiger partial charge in [-0.15, -0.1) is 0 Å². The Balaban J connectivity index is 1.64. The van der Waals surface area contributed by atoms with Crippen molar-refractivity contribution in [3.8, 4) is 5.75 Å². The number of aromatic nitrogens is 1. The van der Waals surface area contributed by atoms with Gasteiger partial charge in [-0.2, -0.15) is 0 Å². The fourth-order valence-electron chi connectivity index (χ4n) is 2.69. The maximum absolute atomic E-state index is 12.1. The molecule has 1 N–H and O–H groups in total. The zero-order valence-corrected chi connectivity index (χ0v) is 13.6. The predicted molar refractivity (Wildman–Crippen MR) is 89.7 cm³/mol. The number of anilines is 1. The van der Waals surface area contributed by atoms with Gasteiger partial charge in [0.15, 0.2) is 5.13 Å². The third kappa shape index (κ3) is 3.75. The fourth-order valence-corrected chi connectivity index (χ4v) is 3.60. The molecule has 2 aromatic rings. The summed E-state index contributed by atoms with van der Waals surface area (Å²) >= 11 is 1.49. The van der Waals surface area contributed by atoms with Crippen molar-refractivity contribution >= 4 is 32.6 Å². The summed E-state index contributed by atoms with van der Waals surface area (Å²) in [5.74, 6) is 0.857. The van der Waals surface area contributed by atoms with Crippen molar-refractivity contribution < 1.29 is 9.53 Å². The van der Waals surface area contributed by atoms with E-state index >= 15 is 0 Å². The van der Waals surface area contributed by atoms with Gasteiger partial charge in [-0.1, -0.05) is 17.8 Å². The molecule has 1 amide bonds. The second-order valence-electron chi connectivity index (χ2n) is 5.47. The Morgan fingerprint density at radius 1 is 1.36 bits per heavy atom. The number of nitrogens with one attached hydrogen (secondary N) is 1. The van der Waals surface area contributed by atoms with Crippen LogP contribution in [0.2, 0.25) is 0 Å². The fraction of sp³-hybridized carbons (Fsp3) is 0.500. The first kappa shape index (κ1) is 15.2. The molecule has 0 aliphatic carbocycles. The number of hydrogen-bond acceptors (Lipinski definition) is 5. The largest absolute Gasteiger partial charge is 0.494 e. The minimum absolute atomic E-state index is 0.0194. The number of rotatable bonds is 5. The molecule has 22 heavy (non-hydrogen) atoms. The molecule has 1 fully saturated rings. The number of amides is 1. The Morgan fingerprint density at radius 3 is 2.95 bits per heavy atom. The van der Waals surface area contributed by atoms with Crippen molar-refractivity contribution in [1.82, 2.24) is 9.88 Å². The Labute approximate surface area is 134 Å². The van der Waals surface area contributed by atoms with Gasteiger partial charge in [0.1, 0.15) is 5.75 Å². The van der Waals surface area contributed by atoms with Crippen LogP contribution in [0.15, 0.2) is 18.2 Å². The number of ether oxygens (including phenoxy) is 1. The van der Waals surface area contributed by atoms with Gasteiger partial charge in [0.2, 0.25) is 5.91 Å². The number of hydrogen-bond donors (Lipinski definition) is 1. The molecule has 5 nitrogen and oxygen atoms in total. The highest BCUT2D eigenvalue weighted by atomic mass is 32.1. The molecule has 1 saturated heterocycles. The average Bonchev–Trinajstić information content (AvgIpc) is 2.89. The van der Waals surface area contributed by atoms with Crippen molar-refractivity contribution in [3.63, 3.8) is 0 Å². The zero-order chi connectivity index (χ0) is 15.4. The molecule has 0 bridgehead atoms. The number of carbonyl (C=O) groups excluding carboxylic acids is 1. The summed E-state index contributed by atoms with van der Waals surface area (Å²) < 4.78 is 6.52. The zero-order valence-electron chi connectivity index (χ0n) is 12.8. The average molecular weight is 319 g/mol. The van der Waals surface area contributed by atoms with Crippen molar-refractivity contribution in [2.24, 2.45) is 0 Å². The van der Waals surface area contributed by atoms with Crippen LogP contribution in [-0.2, 0) is 4.79 Å². The smallest absolute Gasteiger partial charge is 0.240 e. The number of carbonyl (C=O) groups is 1. The standard InChI is InChI=1S/C16H21N3O2S/c1-2-21-12-6-7-13-14(10-12)22-16(17-13)18-15(20)11-19-8-4-3-5-9-19/h6-7,10H,2-5,8-9,11H2,1H3,(H,17,18,20). The second-order valence-corrected chi connectivity index (χ2v) is 6.50. The van der Waals surface area contributed by atoms with Gasteiger partial charge in [-0.3, -0.25) is 9.69 Å². The molecule has 1 aliphatic rings. The summed E-state index contributed by atoms with van der Waals surface area (Å²) in [5.41, 5.74) is 0.890. The summed E-state index contributed by atoms with van der Waals surface area (Å²) in [4.78, 5) is 18.8. The normalized spacial score (nSPS) is 15.9. The second kappa shape index (κ2) is 7.07. The molecule has 0 saturated carbocycles. The highest BCUT2D eigenvalue weighted by Crippen LogP contribution is 2.29. The molecule has 6 heteroatoms. The summed E-state index contributed by atoms with van der Waals surface area (Å²) in [7, 11) is 0. The van der Waals surface area contributed by atoms with Crippen LogP contribution in [0.25, 0.3) is 10.2 Å². The molecule has 0 atom stereocenters. The van der Waals surface area contributed by atoms with Crippen LogP contribution in [0.3, 0.4) is 0 Å². The van der Waals surface area contributed by atoms with E-state index in [1.54, 1.807) is 0 Å². The monoisotopic (exact) mass is 319 g/mol. The maximum atomic E-state index is 12.1. The van der Waals surface area contributed by atoms with Gasteiger partial charge in [-0.25, -0.2) is 4.98 Å². The van der Waals surface area contributed by atoms with Gasteiger partial charge >= 0.3 is 0 Å². The Hall–Kier alpha value is -1.66. The lowest BCUT2D eigenvalue weighted by molar-refractivity contribution is -0.117. The molecule has 0 spiro atoms. The first-order valence-electron chi connectivity index (χ1n) is 7.80. The van der Waals surface area contributed by atoms with E-state index < -0.39 is 0 Å². The molecule has 1 aromatic heterocycles. The lowest BCUT2D eigenvalue weighted by Crippen LogP contribution is -2.36. The molecule has 118 valence electrons. The minimum atomic E-state index is 0.0194. The van der Waals surface area contributed by atoms with E-state index in [2.05, 4.69) is 15.2 Å². The van der Waals surface area contributed by atoms with Crippen molar-refractivity contribution in [3.05, 3.63) is 18.2 Å². The van der Waals surface area contributed by atoms with Gasteiger partial charge in [0.05, 0.1) is 23.4 Å². The third-order valence-electron chi connectivity index (χ3n) is 3.73. The molecule has 1 aliphatic heterocycles. The van der Waals surface area contributed by atoms with E-state index in [0.29, 0.717) is 18.3 Å². The van der Waals surface area contributed by atoms with Crippen molar-refractivity contribution in [2.45, 2.75) is 26.2 Å². The quantitative estimate of drug-likeness (QED) is 0.920. The van der Waals surface area contributed by atoms with E-state index in [1.165, 1.54) is 30.6 Å². The first-order valence-corrected chi connectivity index (χ1v) is 8.62. The summed E-state index contributed by atoms with van der Waals surface area (Å²) in [6, 6.07) is 5.80. The van der Waals surface area contributed by atoms with E-state index in [-0.39, 0.29) is 5.91 Å². The minimum Gasteiger partial charge on any atom is -0.494 e. The van der Waals surface area contributed by atoms with Crippen LogP contribution in [-0.4, -0.2) is 42.0 Å². The van der Waals surface area contributed by atoms with E-state index in [1.807, 2.05) is 25.1 Å². The number of likely N-dealkylation sites (tertiary alicyclic amines) is 1. The van der Waals surface area contributed by atoms with Crippen LogP contribution in [0.4, 0.5) is 5.13 Å². The third-order valence-corrected chi connectivity index (χ3v) is 4.67. The molecule has 0 unspecified atom stereocenters. The van der Waals surface area contributed by atoms with E-state index in [4.69, 9.17) is 4.74 Å². The molecular weight excluding hydrogens is 298 g/mol. The Bertz CT molecular complexity index is 650. The topological polar surface area (TPSA) is 54.5 Å². The van der Waals surface area contributed by atoms with Crippen molar-refractivity contribution in [2.75, 3.05) is 31.6 Å². The van der Waals surface area contributed by atoms with Crippen LogP contribution >= 0.6 is 11.3 Å². The van der Waals surface area contributed by atoms with E-state index in [9.17, 15) is 4.79 Å². The summed E-state index contributed by atoms with van der Waals surface area (Å²) in [5, 5.41) is 3.57. The molecule has 0 radical (unpaired) electrons. The highest BCUT2D eigenvalue weighted by Gasteiger charge is 2.15. The first-order chi connectivity index (χ1) is 10.7. The van der Waals surface area contributed by atoms with Gasteiger partial charge in [0, 0.05) is 0 Å². The van der Waals surface area contributed by atoms with Gasteiger partial charge < -0.3 is 10.1 Å². The predicted octanol–water partition coefficient (Wildman–Crippen LogP) is 3.12. The van der Waals surface area contributed by atoms with Crippen LogP contribution in [0.5, 0.6) is 5.75 Å². The lowest BCUT2D eigenvalue weighted by Gasteiger charge is -2.25. The number of thiazole rings is 1. The van der Waals surface area contributed by atoms with E-state index in [0.717, 1.165) is 29.1 Å². The number of fused-ring (bicyclic) bond motifs is 1. The van der Waals surface area contributed by atoms with Crippen LogP contribution in [0, 0.1) is 0 Å². The Morgan fingerprint density at radius 2 is 2.18 bits per heavy atom. The number of benzene rings is 1. The SMILES string of the molecule is CCOc1ccc2nc(NC(=O)CN3CCCCC3)sc2c1. The van der Waals surface area contributed by atoms with Crippen LogP contribution in [0.1, 0.15) is 26.2 Å². The van der Waals surface area contributed by atoms with Crippen LogP contribution < -0.4 is 10.1 Å². The molecule has 3 rings (SSSR count). The molecule has 1 aromatic carbocycles. The molecular formula is C16H21N3O2S. The maximum Gasteiger partial charge on any atom is 0.240 e. The Kier molecular flexibility index (Phi) is 4.90. The number of nitrogens with zero attached hydrogens (tertiary/aromatic N) is 2. The van der Waals surface area contributed by atoms with Gasteiger partial charge in [0.25, 0.3) is 0 Å². The highest BCUT2D eigenvalue weighted by molar-refractivity contribution is 7.22. The summed E-state index contributed by atoms with van der Waals surface area (Å²) in [6.45, 7) is 5.10. The van der Waals surface area contributed by atoms with Crippen molar-refractivity contribution in [1.29, 1.82) is 0 Å². The lowest BCUT2D eigenvalue weighted by atomic mass is 10.1. The summed E-state index contributed by atoms with van der Waals surface area (Å²) in [6.07, 6.45) is 3.65. The van der Waals surface area contributed by atoms with Gasteiger partial charge in [-0.05, 0) is 51.1 Å². The molecule has 2 heterocycles.